The second-order valence-electron chi connectivity index (χ2n) is 9.51. The highest BCUT2D eigenvalue weighted by atomic mass is 16.2. The Hall–Kier alpha value is -2.89. The first-order valence-electron chi connectivity index (χ1n) is 12.3. The fourth-order valence-corrected chi connectivity index (χ4v) is 5.24. The van der Waals surface area contributed by atoms with Crippen LogP contribution in [0, 0.1) is 12.8 Å². The van der Waals surface area contributed by atoms with Gasteiger partial charge in [0, 0.05) is 44.1 Å². The molecule has 2 heterocycles. The van der Waals surface area contributed by atoms with Crippen LogP contribution in [0.3, 0.4) is 0 Å². The van der Waals surface area contributed by atoms with E-state index in [1.54, 1.807) is 10.9 Å². The van der Waals surface area contributed by atoms with E-state index >= 15 is 0 Å². The summed E-state index contributed by atoms with van der Waals surface area (Å²) < 4.78 is 1.68. The first kappa shape index (κ1) is 23.3. The summed E-state index contributed by atoms with van der Waals surface area (Å²) in [7, 11) is 1.93. The Bertz CT molecular complexity index is 974. The third kappa shape index (κ3) is 5.73. The number of carbonyl (C=O) groups excluding carboxylic acids is 2. The summed E-state index contributed by atoms with van der Waals surface area (Å²) in [6.45, 7) is 3.93. The molecule has 1 aromatic carbocycles. The minimum Gasteiger partial charge on any atom is -0.341 e. The smallest absolute Gasteiger partial charge is 0.249 e. The molecular weight excluding hydrogens is 412 g/mol. The molecule has 0 bridgehead atoms. The van der Waals surface area contributed by atoms with E-state index in [1.165, 1.54) is 17.5 Å². The summed E-state index contributed by atoms with van der Waals surface area (Å²) >= 11 is 0. The third-order valence-corrected chi connectivity index (χ3v) is 7.37. The first-order chi connectivity index (χ1) is 16.0. The number of allylic oxidation sites excluding steroid dienone is 1. The van der Waals surface area contributed by atoms with Crippen molar-refractivity contribution in [3.63, 3.8) is 0 Å². The maximum absolute atomic E-state index is 13.1. The third-order valence-electron chi connectivity index (χ3n) is 7.37. The molecule has 1 aliphatic carbocycles. The molecule has 0 saturated carbocycles. The lowest BCUT2D eigenvalue weighted by Crippen LogP contribution is -2.49. The van der Waals surface area contributed by atoms with Crippen molar-refractivity contribution in [2.24, 2.45) is 5.92 Å². The van der Waals surface area contributed by atoms with Crippen molar-refractivity contribution in [1.29, 1.82) is 0 Å². The largest absolute Gasteiger partial charge is 0.341 e. The highest BCUT2D eigenvalue weighted by Gasteiger charge is 2.33. The standard InChI is InChI=1S/C27H36N4O2/c1-21-9-6-7-12-24(21)19-25(29(2)26(32)20-31-16-8-15-28-31)22-13-17-30(18-14-22)27(33)23-10-4-3-5-11-23/h6-10,12,15-16,22,25H,3-5,11,13-14,17-20H2,1-2H3/t25-/m1/s1. The van der Waals surface area contributed by atoms with Gasteiger partial charge in [-0.25, -0.2) is 0 Å². The van der Waals surface area contributed by atoms with Gasteiger partial charge in [0.15, 0.2) is 0 Å². The van der Waals surface area contributed by atoms with Gasteiger partial charge in [-0.3, -0.25) is 14.3 Å². The van der Waals surface area contributed by atoms with Gasteiger partial charge in [0.2, 0.25) is 11.8 Å². The first-order valence-corrected chi connectivity index (χ1v) is 12.3. The summed E-state index contributed by atoms with van der Waals surface area (Å²) in [5, 5.41) is 4.20. The zero-order valence-corrected chi connectivity index (χ0v) is 19.9. The molecule has 0 N–H and O–H groups in total. The van der Waals surface area contributed by atoms with E-state index in [2.05, 4.69) is 42.4 Å². The molecule has 2 aliphatic rings. The van der Waals surface area contributed by atoms with Crippen LogP contribution in [0.2, 0.25) is 0 Å². The van der Waals surface area contributed by atoms with Crippen molar-refractivity contribution >= 4 is 11.8 Å². The fraction of sp³-hybridized carbons (Fsp3) is 0.519. The van der Waals surface area contributed by atoms with E-state index in [0.717, 1.165) is 57.2 Å². The van der Waals surface area contributed by atoms with Gasteiger partial charge in [-0.05, 0) is 75.0 Å². The number of likely N-dealkylation sites (tertiary alicyclic amines) is 1. The van der Waals surface area contributed by atoms with E-state index in [0.29, 0.717) is 5.92 Å². The van der Waals surface area contributed by atoms with E-state index in [4.69, 9.17) is 0 Å². The van der Waals surface area contributed by atoms with Crippen molar-refractivity contribution < 1.29 is 9.59 Å². The number of aromatic nitrogens is 2. The molecule has 176 valence electrons. The van der Waals surface area contributed by atoms with Crippen LogP contribution in [-0.4, -0.2) is 57.6 Å². The number of aryl methyl sites for hydroxylation is 1. The van der Waals surface area contributed by atoms with Crippen LogP contribution in [0.25, 0.3) is 0 Å². The van der Waals surface area contributed by atoms with E-state index in [-0.39, 0.29) is 24.4 Å². The lowest BCUT2D eigenvalue weighted by Gasteiger charge is -2.40. The molecule has 6 heteroatoms. The number of likely N-dealkylation sites (N-methyl/N-ethyl adjacent to an activating group) is 1. The van der Waals surface area contributed by atoms with Gasteiger partial charge in [-0.15, -0.1) is 0 Å². The van der Waals surface area contributed by atoms with Gasteiger partial charge in [0.1, 0.15) is 6.54 Å². The molecule has 2 amide bonds. The highest BCUT2D eigenvalue weighted by Crippen LogP contribution is 2.29. The molecule has 33 heavy (non-hydrogen) atoms. The average Bonchev–Trinajstić information content (AvgIpc) is 3.36. The second-order valence-corrected chi connectivity index (χ2v) is 9.51. The number of carbonyl (C=O) groups is 2. The second kappa shape index (κ2) is 10.8. The summed E-state index contributed by atoms with van der Waals surface area (Å²) in [6, 6.07) is 10.4. The molecule has 2 aromatic rings. The van der Waals surface area contributed by atoms with Crippen molar-refractivity contribution in [3.05, 3.63) is 65.5 Å². The van der Waals surface area contributed by atoms with Gasteiger partial charge in [-0.1, -0.05) is 30.3 Å². The quantitative estimate of drug-likeness (QED) is 0.643. The summed E-state index contributed by atoms with van der Waals surface area (Å²) in [6.07, 6.45) is 12.6. The molecule has 1 aliphatic heterocycles. The van der Waals surface area contributed by atoms with Crippen molar-refractivity contribution in [1.82, 2.24) is 19.6 Å². The summed E-state index contributed by atoms with van der Waals surface area (Å²) in [5.41, 5.74) is 3.54. The molecular formula is C27H36N4O2. The van der Waals surface area contributed by atoms with Crippen LogP contribution in [0.15, 0.2) is 54.4 Å². The maximum Gasteiger partial charge on any atom is 0.249 e. The SMILES string of the molecule is Cc1ccccc1C[C@H](C1CCN(C(=O)C2=CCCCC2)CC1)N(C)C(=O)Cn1cccn1. The molecule has 0 unspecified atom stereocenters. The minimum atomic E-state index is 0.0724. The van der Waals surface area contributed by atoms with Crippen molar-refractivity contribution in [3.8, 4) is 0 Å². The van der Waals surface area contributed by atoms with Crippen molar-refractivity contribution in [2.45, 2.75) is 64.5 Å². The molecule has 0 spiro atoms. The van der Waals surface area contributed by atoms with E-state index in [1.807, 2.05) is 29.1 Å². The monoisotopic (exact) mass is 448 g/mol. The van der Waals surface area contributed by atoms with Crippen LogP contribution in [0.1, 0.15) is 49.7 Å². The predicted octanol–water partition coefficient (Wildman–Crippen LogP) is 4.00. The van der Waals surface area contributed by atoms with Crippen LogP contribution in [0.5, 0.6) is 0 Å². The Balaban J connectivity index is 1.46. The van der Waals surface area contributed by atoms with Gasteiger partial charge >= 0.3 is 0 Å². The van der Waals surface area contributed by atoms with Gasteiger partial charge < -0.3 is 9.80 Å². The average molecular weight is 449 g/mol. The summed E-state index contributed by atoms with van der Waals surface area (Å²) in [4.78, 5) is 30.1. The molecule has 0 radical (unpaired) electrons. The van der Waals surface area contributed by atoms with Gasteiger partial charge in [0.05, 0.1) is 0 Å². The van der Waals surface area contributed by atoms with Gasteiger partial charge in [-0.2, -0.15) is 5.10 Å². The molecule has 1 aromatic heterocycles. The number of hydrogen-bond donors (Lipinski definition) is 0. The highest BCUT2D eigenvalue weighted by molar-refractivity contribution is 5.93. The lowest BCUT2D eigenvalue weighted by molar-refractivity contribution is -0.135. The molecule has 1 fully saturated rings. The Morgan fingerprint density at radius 1 is 1.15 bits per heavy atom. The number of rotatable bonds is 7. The fourth-order valence-electron chi connectivity index (χ4n) is 5.24. The van der Waals surface area contributed by atoms with Gasteiger partial charge in [0.25, 0.3) is 0 Å². The Morgan fingerprint density at radius 2 is 1.94 bits per heavy atom. The Kier molecular flexibility index (Phi) is 7.63. The number of nitrogens with zero attached hydrogens (tertiary/aromatic N) is 4. The number of amides is 2. The zero-order chi connectivity index (χ0) is 23.2. The maximum atomic E-state index is 13.1. The van der Waals surface area contributed by atoms with Crippen LogP contribution >= 0.6 is 0 Å². The topological polar surface area (TPSA) is 58.4 Å². The van der Waals surface area contributed by atoms with Crippen molar-refractivity contribution in [2.75, 3.05) is 20.1 Å². The van der Waals surface area contributed by atoms with E-state index in [9.17, 15) is 9.59 Å². The lowest BCUT2D eigenvalue weighted by atomic mass is 9.84. The number of piperidine rings is 1. The summed E-state index contributed by atoms with van der Waals surface area (Å²) in [5.74, 6) is 0.662. The van der Waals surface area contributed by atoms with E-state index < -0.39 is 0 Å². The van der Waals surface area contributed by atoms with Crippen LogP contribution in [-0.2, 0) is 22.6 Å². The molecule has 1 saturated heterocycles. The number of hydrogen-bond acceptors (Lipinski definition) is 3. The van der Waals surface area contributed by atoms with Crippen LogP contribution in [0.4, 0.5) is 0 Å². The molecule has 6 nitrogen and oxygen atoms in total. The molecule has 4 rings (SSSR count). The normalized spacial score (nSPS) is 18.0. The Labute approximate surface area is 197 Å². The molecule has 1 atom stereocenters. The predicted molar refractivity (Wildman–Crippen MR) is 130 cm³/mol. The zero-order valence-electron chi connectivity index (χ0n) is 19.9. The number of benzene rings is 1. The van der Waals surface area contributed by atoms with Crippen LogP contribution < -0.4 is 0 Å². The minimum absolute atomic E-state index is 0.0724. The Morgan fingerprint density at radius 3 is 2.61 bits per heavy atom.